The molecule has 114 valence electrons. The minimum Gasteiger partial charge on any atom is -0.353 e. The average molecular weight is 280 g/mol. The number of hydrogen-bond acceptors (Lipinski definition) is 2. The minimum atomic E-state index is -0.170. The molecular weight excluding hydrogens is 252 g/mol. The molecule has 2 atom stereocenters. The van der Waals surface area contributed by atoms with E-state index in [1.165, 1.54) is 6.42 Å². The number of amides is 1. The highest BCUT2D eigenvalue weighted by atomic mass is 16.2. The van der Waals surface area contributed by atoms with Gasteiger partial charge in [-0.2, -0.15) is 0 Å². The second kappa shape index (κ2) is 5.26. The highest BCUT2D eigenvalue weighted by molar-refractivity contribution is 5.88. The first-order valence-electron chi connectivity index (χ1n) is 7.56. The Morgan fingerprint density at radius 3 is 2.45 bits per heavy atom. The number of guanidine groups is 1. The topological polar surface area (TPSA) is 47.9 Å². The van der Waals surface area contributed by atoms with Gasteiger partial charge in [0.2, 0.25) is 5.91 Å². The first-order valence-corrected chi connectivity index (χ1v) is 7.56. The number of carbonyl (C=O) groups is 1. The molecule has 1 saturated heterocycles. The van der Waals surface area contributed by atoms with E-state index in [1.54, 1.807) is 7.05 Å². The molecule has 2 rings (SSSR count). The van der Waals surface area contributed by atoms with Crippen molar-refractivity contribution in [2.45, 2.75) is 58.7 Å². The van der Waals surface area contributed by atoms with Crippen molar-refractivity contribution in [2.24, 2.45) is 10.9 Å². The number of carbonyl (C=O) groups excluding carboxylic acids is 1. The van der Waals surface area contributed by atoms with Crippen LogP contribution in [0, 0.1) is 5.92 Å². The van der Waals surface area contributed by atoms with Crippen LogP contribution in [0.15, 0.2) is 4.99 Å². The predicted molar refractivity (Wildman–Crippen MR) is 81.7 cm³/mol. The lowest BCUT2D eigenvalue weighted by Gasteiger charge is -2.49. The number of hydrogen-bond donors (Lipinski definition) is 1. The van der Waals surface area contributed by atoms with Crippen LogP contribution in [0.2, 0.25) is 0 Å². The maximum atomic E-state index is 12.4. The van der Waals surface area contributed by atoms with Gasteiger partial charge < -0.3 is 15.1 Å². The minimum absolute atomic E-state index is 0.170. The molecule has 0 spiro atoms. The predicted octanol–water partition coefficient (Wildman–Crippen LogP) is 1.30. The smallest absolute Gasteiger partial charge is 0.242 e. The number of piperazine rings is 1. The van der Waals surface area contributed by atoms with Crippen LogP contribution in [0.5, 0.6) is 0 Å². The van der Waals surface area contributed by atoms with Crippen LogP contribution < -0.4 is 5.32 Å². The van der Waals surface area contributed by atoms with Crippen LogP contribution in [0.1, 0.15) is 41.0 Å². The van der Waals surface area contributed by atoms with Crippen LogP contribution in [-0.4, -0.2) is 59.4 Å². The Hall–Kier alpha value is -1.26. The van der Waals surface area contributed by atoms with Crippen molar-refractivity contribution in [1.82, 2.24) is 15.1 Å². The van der Waals surface area contributed by atoms with E-state index in [0.29, 0.717) is 18.5 Å². The molecule has 0 aromatic carbocycles. The van der Waals surface area contributed by atoms with Gasteiger partial charge in [-0.05, 0) is 40.0 Å². The zero-order valence-corrected chi connectivity index (χ0v) is 13.6. The molecule has 5 heteroatoms. The van der Waals surface area contributed by atoms with Gasteiger partial charge >= 0.3 is 0 Å². The molecule has 2 unspecified atom stereocenters. The Labute approximate surface area is 122 Å². The molecule has 1 amide bonds. The maximum Gasteiger partial charge on any atom is 0.242 e. The van der Waals surface area contributed by atoms with Gasteiger partial charge in [0.15, 0.2) is 5.96 Å². The third-order valence-electron chi connectivity index (χ3n) is 4.28. The van der Waals surface area contributed by atoms with Crippen LogP contribution >= 0.6 is 0 Å². The lowest BCUT2D eigenvalue weighted by Crippen LogP contribution is -2.66. The van der Waals surface area contributed by atoms with Gasteiger partial charge in [0.1, 0.15) is 0 Å². The van der Waals surface area contributed by atoms with Crippen LogP contribution in [-0.2, 0) is 4.79 Å². The molecule has 1 aliphatic heterocycles. The molecule has 20 heavy (non-hydrogen) atoms. The van der Waals surface area contributed by atoms with Gasteiger partial charge in [-0.3, -0.25) is 9.79 Å². The van der Waals surface area contributed by atoms with Gasteiger partial charge in [0.25, 0.3) is 0 Å². The molecule has 2 fully saturated rings. The summed E-state index contributed by atoms with van der Waals surface area (Å²) < 4.78 is 0. The first kappa shape index (κ1) is 15.1. The summed E-state index contributed by atoms with van der Waals surface area (Å²) in [6.07, 6.45) is 1.20. The van der Waals surface area contributed by atoms with Crippen LogP contribution in [0.3, 0.4) is 0 Å². The van der Waals surface area contributed by atoms with E-state index >= 15 is 0 Å². The Balaban J connectivity index is 2.09. The largest absolute Gasteiger partial charge is 0.353 e. The Morgan fingerprint density at radius 2 is 2.05 bits per heavy atom. The summed E-state index contributed by atoms with van der Waals surface area (Å²) >= 11 is 0. The molecule has 1 aliphatic carbocycles. The summed E-state index contributed by atoms with van der Waals surface area (Å²) in [5, 5.41) is 3.47. The lowest BCUT2D eigenvalue weighted by atomic mass is 9.96. The van der Waals surface area contributed by atoms with E-state index in [1.807, 2.05) is 4.90 Å². The van der Waals surface area contributed by atoms with E-state index in [4.69, 9.17) is 0 Å². The van der Waals surface area contributed by atoms with E-state index < -0.39 is 0 Å². The Morgan fingerprint density at radius 1 is 1.45 bits per heavy atom. The Bertz CT molecular complexity index is 416. The number of aliphatic imine (C=N–C) groups is 1. The van der Waals surface area contributed by atoms with Crippen molar-refractivity contribution in [2.75, 3.05) is 20.1 Å². The van der Waals surface area contributed by atoms with Gasteiger partial charge in [0.05, 0.1) is 12.1 Å². The molecule has 1 saturated carbocycles. The molecule has 0 aromatic heterocycles. The molecule has 1 heterocycles. The average Bonchev–Trinajstić information content (AvgIpc) is 2.98. The molecule has 5 nitrogen and oxygen atoms in total. The summed E-state index contributed by atoms with van der Waals surface area (Å²) in [5.41, 5.74) is -0.170. The second-order valence-electron chi connectivity index (χ2n) is 7.04. The zero-order chi connectivity index (χ0) is 15.1. The normalized spacial score (nSPS) is 29.9. The van der Waals surface area contributed by atoms with Gasteiger partial charge in [-0.15, -0.1) is 0 Å². The van der Waals surface area contributed by atoms with Gasteiger partial charge in [-0.25, -0.2) is 0 Å². The summed E-state index contributed by atoms with van der Waals surface area (Å²) in [6.45, 7) is 11.9. The van der Waals surface area contributed by atoms with E-state index in [-0.39, 0.29) is 17.5 Å². The fourth-order valence-corrected chi connectivity index (χ4v) is 3.30. The van der Waals surface area contributed by atoms with Crippen molar-refractivity contribution >= 4 is 11.9 Å². The second-order valence-corrected chi connectivity index (χ2v) is 7.04. The van der Waals surface area contributed by atoms with E-state index in [0.717, 1.165) is 12.5 Å². The fourth-order valence-electron chi connectivity index (χ4n) is 3.30. The summed E-state index contributed by atoms with van der Waals surface area (Å²) in [5.74, 6) is 1.76. The molecule has 0 aromatic rings. The molecular formula is C15H28N4O. The van der Waals surface area contributed by atoms with Crippen molar-refractivity contribution in [1.29, 1.82) is 0 Å². The van der Waals surface area contributed by atoms with E-state index in [2.05, 4.69) is 49.8 Å². The van der Waals surface area contributed by atoms with Crippen LogP contribution in [0.4, 0.5) is 0 Å². The Kier molecular flexibility index (Phi) is 3.98. The summed E-state index contributed by atoms with van der Waals surface area (Å²) in [4.78, 5) is 20.9. The molecule has 1 N–H and O–H groups in total. The summed E-state index contributed by atoms with van der Waals surface area (Å²) in [7, 11) is 1.79. The third kappa shape index (κ3) is 2.91. The first-order chi connectivity index (χ1) is 9.26. The zero-order valence-electron chi connectivity index (χ0n) is 13.6. The maximum absolute atomic E-state index is 12.4. The van der Waals surface area contributed by atoms with Crippen LogP contribution in [0.25, 0.3) is 0 Å². The molecule has 2 aliphatic rings. The monoisotopic (exact) mass is 280 g/mol. The molecule has 0 radical (unpaired) electrons. The van der Waals surface area contributed by atoms with Gasteiger partial charge in [-0.1, -0.05) is 6.92 Å². The number of nitrogens with one attached hydrogen (secondary N) is 1. The fraction of sp³-hybridized carbons (Fsp3) is 0.867. The quantitative estimate of drug-likeness (QED) is 0.613. The lowest BCUT2D eigenvalue weighted by molar-refractivity contribution is -0.145. The van der Waals surface area contributed by atoms with Crippen molar-refractivity contribution in [3.05, 3.63) is 0 Å². The van der Waals surface area contributed by atoms with Crippen molar-refractivity contribution in [3.63, 3.8) is 0 Å². The van der Waals surface area contributed by atoms with Crippen molar-refractivity contribution in [3.8, 4) is 0 Å². The summed E-state index contributed by atoms with van der Waals surface area (Å²) in [6, 6.07) is 0.758. The standard InChI is InChI=1S/C15H28N4O/c1-10(2)19-13(20)8-18(9-15(19,4)5)14(16-6)17-12-7-11(12)3/h10-12H,7-9H2,1-6H3,(H,16,17). The third-order valence-corrected chi connectivity index (χ3v) is 4.28. The highest BCUT2D eigenvalue weighted by Crippen LogP contribution is 2.30. The SMILES string of the molecule is CN=C(NC1CC1C)N1CC(=O)N(C(C)C)C(C)(C)C1. The van der Waals surface area contributed by atoms with Gasteiger partial charge in [0, 0.05) is 25.7 Å². The van der Waals surface area contributed by atoms with E-state index in [9.17, 15) is 4.79 Å². The van der Waals surface area contributed by atoms with Crippen molar-refractivity contribution < 1.29 is 4.79 Å². The molecule has 0 bridgehead atoms. The number of rotatable bonds is 2. The number of nitrogens with zero attached hydrogens (tertiary/aromatic N) is 3. The highest BCUT2D eigenvalue weighted by Gasteiger charge is 2.42.